The number of ether oxygens (including phenoxy) is 1. The summed E-state index contributed by atoms with van der Waals surface area (Å²) in [6, 6.07) is 9.58. The van der Waals surface area contributed by atoms with Crippen molar-refractivity contribution >= 4 is 11.6 Å². The van der Waals surface area contributed by atoms with E-state index in [0.29, 0.717) is 18.1 Å². The molecule has 1 aromatic carbocycles. The minimum Gasteiger partial charge on any atom is -0.494 e. The molecule has 19 heavy (non-hydrogen) atoms. The molecule has 0 aliphatic rings. The Kier molecular flexibility index (Phi) is 4.77. The molecule has 2 N–H and O–H groups in total. The van der Waals surface area contributed by atoms with Crippen LogP contribution in [0.1, 0.15) is 24.1 Å². The van der Waals surface area contributed by atoms with Crippen LogP contribution < -0.4 is 10.5 Å². The van der Waals surface area contributed by atoms with Crippen LogP contribution in [0.15, 0.2) is 42.7 Å². The van der Waals surface area contributed by atoms with Crippen LogP contribution in [0.5, 0.6) is 5.75 Å². The third-order valence-corrected chi connectivity index (χ3v) is 3.25. The third-order valence-electron chi connectivity index (χ3n) is 2.91. The van der Waals surface area contributed by atoms with Crippen molar-refractivity contribution in [2.45, 2.75) is 19.4 Å². The average Bonchev–Trinajstić information content (AvgIpc) is 2.42. The number of nitrogens with zero attached hydrogens (tertiary/aromatic N) is 1. The standard InChI is InChI=1S/C15H17ClN2O/c1-2-19-15-6-4-3-5-12(15)14(17)9-11-7-8-18-10-13(11)16/h3-8,10,14H,2,9,17H2,1H3. The van der Waals surface area contributed by atoms with Crippen LogP contribution in [0, 0.1) is 0 Å². The zero-order valence-electron chi connectivity index (χ0n) is 10.8. The summed E-state index contributed by atoms with van der Waals surface area (Å²) in [4.78, 5) is 3.97. The monoisotopic (exact) mass is 276 g/mol. The second-order valence-electron chi connectivity index (χ2n) is 4.25. The van der Waals surface area contributed by atoms with Crippen molar-refractivity contribution in [3.63, 3.8) is 0 Å². The maximum Gasteiger partial charge on any atom is 0.124 e. The molecule has 1 atom stereocenters. The molecule has 0 spiro atoms. The minimum atomic E-state index is -0.150. The van der Waals surface area contributed by atoms with Gasteiger partial charge in [-0.2, -0.15) is 0 Å². The summed E-state index contributed by atoms with van der Waals surface area (Å²) in [6.07, 6.45) is 4.02. The molecule has 100 valence electrons. The molecule has 1 unspecified atom stereocenters. The Morgan fingerprint density at radius 3 is 2.84 bits per heavy atom. The lowest BCUT2D eigenvalue weighted by atomic mass is 9.99. The van der Waals surface area contributed by atoms with Crippen molar-refractivity contribution in [1.29, 1.82) is 0 Å². The number of pyridine rings is 1. The number of para-hydroxylation sites is 1. The number of hydrogen-bond donors (Lipinski definition) is 1. The predicted octanol–water partition coefficient (Wildman–Crippen LogP) is 3.38. The zero-order chi connectivity index (χ0) is 13.7. The number of halogens is 1. The van der Waals surface area contributed by atoms with E-state index in [1.807, 2.05) is 37.3 Å². The molecule has 1 heterocycles. The Balaban J connectivity index is 2.20. The van der Waals surface area contributed by atoms with Gasteiger partial charge in [-0.25, -0.2) is 0 Å². The summed E-state index contributed by atoms with van der Waals surface area (Å²) in [5.74, 6) is 0.836. The first-order valence-corrected chi connectivity index (χ1v) is 6.66. The lowest BCUT2D eigenvalue weighted by molar-refractivity contribution is 0.334. The highest BCUT2D eigenvalue weighted by molar-refractivity contribution is 6.31. The van der Waals surface area contributed by atoms with E-state index < -0.39 is 0 Å². The zero-order valence-corrected chi connectivity index (χ0v) is 11.6. The number of aromatic nitrogens is 1. The largest absolute Gasteiger partial charge is 0.494 e. The molecular formula is C15H17ClN2O. The minimum absolute atomic E-state index is 0.150. The van der Waals surface area contributed by atoms with Gasteiger partial charge in [-0.15, -0.1) is 0 Å². The second-order valence-corrected chi connectivity index (χ2v) is 4.66. The van der Waals surface area contributed by atoms with Crippen molar-refractivity contribution in [1.82, 2.24) is 4.98 Å². The first-order valence-electron chi connectivity index (χ1n) is 6.28. The number of hydrogen-bond acceptors (Lipinski definition) is 3. The smallest absolute Gasteiger partial charge is 0.124 e. The number of benzene rings is 1. The van der Waals surface area contributed by atoms with E-state index in [2.05, 4.69) is 4.98 Å². The Labute approximate surface area is 118 Å². The average molecular weight is 277 g/mol. The van der Waals surface area contributed by atoms with E-state index in [4.69, 9.17) is 22.1 Å². The molecule has 1 aromatic heterocycles. The highest BCUT2D eigenvalue weighted by Crippen LogP contribution is 2.27. The van der Waals surface area contributed by atoms with Crippen LogP contribution >= 0.6 is 11.6 Å². The van der Waals surface area contributed by atoms with Crippen LogP contribution in [-0.4, -0.2) is 11.6 Å². The summed E-state index contributed by atoms with van der Waals surface area (Å²) in [6.45, 7) is 2.59. The van der Waals surface area contributed by atoms with Crippen molar-refractivity contribution in [2.24, 2.45) is 5.73 Å². The van der Waals surface area contributed by atoms with Crippen LogP contribution in [0.25, 0.3) is 0 Å². The highest BCUT2D eigenvalue weighted by Gasteiger charge is 2.13. The fraction of sp³-hybridized carbons (Fsp3) is 0.267. The maximum atomic E-state index is 6.27. The SMILES string of the molecule is CCOc1ccccc1C(N)Cc1ccncc1Cl. The summed E-state index contributed by atoms with van der Waals surface area (Å²) in [5.41, 5.74) is 8.26. The molecule has 0 saturated heterocycles. The second kappa shape index (κ2) is 6.55. The van der Waals surface area contributed by atoms with Crippen molar-refractivity contribution in [3.05, 3.63) is 58.9 Å². The lowest BCUT2D eigenvalue weighted by Gasteiger charge is -2.17. The van der Waals surface area contributed by atoms with Gasteiger partial charge in [0.2, 0.25) is 0 Å². The van der Waals surface area contributed by atoms with Gasteiger partial charge in [-0.3, -0.25) is 4.98 Å². The summed E-state index contributed by atoms with van der Waals surface area (Å²) >= 11 is 6.11. The van der Waals surface area contributed by atoms with E-state index in [1.165, 1.54) is 0 Å². The van der Waals surface area contributed by atoms with Gasteiger partial charge >= 0.3 is 0 Å². The Morgan fingerprint density at radius 2 is 2.11 bits per heavy atom. The van der Waals surface area contributed by atoms with Gasteiger partial charge in [-0.05, 0) is 31.0 Å². The van der Waals surface area contributed by atoms with Crippen LogP contribution in [0.2, 0.25) is 5.02 Å². The van der Waals surface area contributed by atoms with Crippen LogP contribution in [0.4, 0.5) is 0 Å². The fourth-order valence-electron chi connectivity index (χ4n) is 1.99. The maximum absolute atomic E-state index is 6.27. The van der Waals surface area contributed by atoms with E-state index in [-0.39, 0.29) is 6.04 Å². The molecule has 0 radical (unpaired) electrons. The van der Waals surface area contributed by atoms with Crippen molar-refractivity contribution < 1.29 is 4.74 Å². The molecule has 4 heteroatoms. The predicted molar refractivity (Wildman–Crippen MR) is 77.5 cm³/mol. The molecule has 0 aliphatic carbocycles. The van der Waals surface area contributed by atoms with Gasteiger partial charge in [0.05, 0.1) is 11.6 Å². The first-order chi connectivity index (χ1) is 9.22. The Bertz CT molecular complexity index is 545. The van der Waals surface area contributed by atoms with Gasteiger partial charge < -0.3 is 10.5 Å². The number of rotatable bonds is 5. The molecule has 0 amide bonds. The van der Waals surface area contributed by atoms with E-state index in [9.17, 15) is 0 Å². The number of nitrogens with two attached hydrogens (primary N) is 1. The molecule has 0 fully saturated rings. The lowest BCUT2D eigenvalue weighted by Crippen LogP contribution is -2.15. The fourth-order valence-corrected chi connectivity index (χ4v) is 2.19. The van der Waals surface area contributed by atoms with Gasteiger partial charge in [0.1, 0.15) is 5.75 Å². The highest BCUT2D eigenvalue weighted by atomic mass is 35.5. The normalized spacial score (nSPS) is 12.2. The molecule has 0 bridgehead atoms. The van der Waals surface area contributed by atoms with Crippen molar-refractivity contribution in [3.8, 4) is 5.75 Å². The summed E-state index contributed by atoms with van der Waals surface area (Å²) in [5, 5.41) is 0.645. The molecule has 0 aliphatic heterocycles. The van der Waals surface area contributed by atoms with E-state index in [0.717, 1.165) is 16.9 Å². The molecule has 3 nitrogen and oxygen atoms in total. The molecule has 0 saturated carbocycles. The quantitative estimate of drug-likeness (QED) is 0.911. The topological polar surface area (TPSA) is 48.1 Å². The Hall–Kier alpha value is -1.58. The van der Waals surface area contributed by atoms with Gasteiger partial charge in [0.25, 0.3) is 0 Å². The third kappa shape index (κ3) is 3.46. The van der Waals surface area contributed by atoms with Gasteiger partial charge in [0, 0.05) is 24.0 Å². The molecular weight excluding hydrogens is 260 g/mol. The summed E-state index contributed by atoms with van der Waals surface area (Å²) < 4.78 is 5.60. The van der Waals surface area contributed by atoms with Crippen molar-refractivity contribution in [2.75, 3.05) is 6.61 Å². The first kappa shape index (κ1) is 13.8. The van der Waals surface area contributed by atoms with E-state index >= 15 is 0 Å². The summed E-state index contributed by atoms with van der Waals surface area (Å²) in [7, 11) is 0. The van der Waals surface area contributed by atoms with Crippen LogP contribution in [0.3, 0.4) is 0 Å². The van der Waals surface area contributed by atoms with Gasteiger partial charge in [-0.1, -0.05) is 29.8 Å². The van der Waals surface area contributed by atoms with Gasteiger partial charge in [0.15, 0.2) is 0 Å². The van der Waals surface area contributed by atoms with Crippen LogP contribution in [-0.2, 0) is 6.42 Å². The Morgan fingerprint density at radius 1 is 1.32 bits per heavy atom. The van der Waals surface area contributed by atoms with E-state index in [1.54, 1.807) is 12.4 Å². The molecule has 2 rings (SSSR count). The molecule has 2 aromatic rings.